The molecular weight excluding hydrogens is 358 g/mol. The highest BCUT2D eigenvalue weighted by Crippen LogP contribution is 2.55. The summed E-state index contributed by atoms with van der Waals surface area (Å²) in [5, 5.41) is 11.5. The van der Waals surface area contributed by atoms with Gasteiger partial charge in [0, 0.05) is 11.9 Å². The molecule has 0 radical (unpaired) electrons. The number of β-lactam (4-membered cyclic amide) rings is 1. The Morgan fingerprint density at radius 1 is 1.35 bits per heavy atom. The molecule has 1 aromatic carbocycles. The number of aliphatic carboxylic acids is 1. The number of rotatable bonds is 5. The molecule has 3 rings (SSSR count). The van der Waals surface area contributed by atoms with Crippen molar-refractivity contribution < 1.29 is 24.2 Å². The molecule has 2 saturated heterocycles. The lowest BCUT2D eigenvalue weighted by Crippen LogP contribution is -2.80. The maximum absolute atomic E-state index is 12.8. The monoisotopic (exact) mass is 379 g/mol. The predicted octanol–water partition coefficient (Wildman–Crippen LogP) is 0.292. The molecule has 2 aliphatic heterocycles. The molecule has 8 nitrogen and oxygen atoms in total. The van der Waals surface area contributed by atoms with Crippen molar-refractivity contribution in [2.45, 2.75) is 41.8 Å². The lowest BCUT2D eigenvalue weighted by atomic mass is 9.93. The number of methoxy groups -OCH3 is 1. The summed E-state index contributed by atoms with van der Waals surface area (Å²) in [6, 6.07) is 6.79. The van der Waals surface area contributed by atoms with Crippen LogP contribution < -0.4 is 11.1 Å². The van der Waals surface area contributed by atoms with Gasteiger partial charge >= 0.3 is 5.97 Å². The van der Waals surface area contributed by atoms with Gasteiger partial charge in [0.2, 0.25) is 5.91 Å². The van der Waals surface area contributed by atoms with Gasteiger partial charge in [0.25, 0.3) is 11.6 Å². The summed E-state index contributed by atoms with van der Waals surface area (Å²) in [5.41, 5.74) is 4.98. The van der Waals surface area contributed by atoms with Crippen LogP contribution in [-0.2, 0) is 19.1 Å². The van der Waals surface area contributed by atoms with Crippen LogP contribution >= 0.6 is 11.8 Å². The first kappa shape index (κ1) is 18.7. The lowest BCUT2D eigenvalue weighted by molar-refractivity contribution is -0.201. The van der Waals surface area contributed by atoms with Crippen molar-refractivity contribution in [2.75, 3.05) is 7.11 Å². The topological polar surface area (TPSA) is 122 Å². The average molecular weight is 379 g/mol. The molecule has 26 heavy (non-hydrogen) atoms. The van der Waals surface area contributed by atoms with Crippen LogP contribution in [0.3, 0.4) is 0 Å². The van der Waals surface area contributed by atoms with E-state index in [1.807, 2.05) is 0 Å². The van der Waals surface area contributed by atoms with E-state index < -0.39 is 45.7 Å². The van der Waals surface area contributed by atoms with Gasteiger partial charge in [-0.2, -0.15) is 0 Å². The molecule has 2 fully saturated rings. The van der Waals surface area contributed by atoms with E-state index in [0.717, 1.165) is 0 Å². The molecule has 1 aromatic rings. The lowest BCUT2D eigenvalue weighted by Gasteiger charge is -2.51. The van der Waals surface area contributed by atoms with E-state index in [-0.39, 0.29) is 0 Å². The van der Waals surface area contributed by atoms with Crippen molar-refractivity contribution in [1.29, 1.82) is 0 Å². The first-order valence-corrected chi connectivity index (χ1v) is 8.95. The fourth-order valence-electron chi connectivity index (χ4n) is 3.46. The molecule has 2 unspecified atom stereocenters. The minimum atomic E-state index is -1.62. The maximum Gasteiger partial charge on any atom is 0.327 e. The second-order valence-electron chi connectivity index (χ2n) is 6.84. The number of benzene rings is 1. The molecule has 140 valence electrons. The number of hydrogen-bond donors (Lipinski definition) is 3. The first-order valence-electron chi connectivity index (χ1n) is 8.07. The zero-order valence-electron chi connectivity index (χ0n) is 14.6. The van der Waals surface area contributed by atoms with E-state index in [1.165, 1.54) is 23.8 Å². The maximum atomic E-state index is 12.8. The second kappa shape index (κ2) is 6.26. The second-order valence-corrected chi connectivity index (χ2v) is 8.58. The summed E-state index contributed by atoms with van der Waals surface area (Å²) in [6.07, 6.45) is 0. The Hall–Kier alpha value is -2.10. The Balaban J connectivity index is 1.84. The van der Waals surface area contributed by atoms with Crippen molar-refractivity contribution in [3.05, 3.63) is 35.9 Å². The van der Waals surface area contributed by atoms with Crippen molar-refractivity contribution in [1.82, 2.24) is 10.2 Å². The van der Waals surface area contributed by atoms with Gasteiger partial charge in [-0.3, -0.25) is 9.59 Å². The highest BCUT2D eigenvalue weighted by Gasteiger charge is 2.73. The first-order chi connectivity index (χ1) is 12.2. The highest BCUT2D eigenvalue weighted by molar-refractivity contribution is 8.01. The van der Waals surface area contributed by atoms with Gasteiger partial charge in [-0.15, -0.1) is 11.8 Å². The Kier molecular flexibility index (Phi) is 4.50. The molecule has 9 heteroatoms. The number of carboxylic acid groups (broad SMARTS) is 1. The van der Waals surface area contributed by atoms with Crippen LogP contribution in [0, 0.1) is 0 Å². The molecule has 2 aliphatic rings. The van der Waals surface area contributed by atoms with E-state index in [1.54, 1.807) is 44.2 Å². The zero-order valence-corrected chi connectivity index (χ0v) is 15.4. The van der Waals surface area contributed by atoms with Gasteiger partial charge in [0.05, 0.1) is 0 Å². The number of thioether (sulfide) groups is 1. The third-order valence-electron chi connectivity index (χ3n) is 4.81. The summed E-state index contributed by atoms with van der Waals surface area (Å²) in [4.78, 5) is 38.2. The number of nitrogens with two attached hydrogens (primary N) is 1. The molecular formula is C17H21N3O5S. The number of ether oxygens (including phenoxy) is 1. The van der Waals surface area contributed by atoms with Crippen LogP contribution in [0.5, 0.6) is 0 Å². The average Bonchev–Trinajstić information content (AvgIpc) is 2.88. The molecule has 2 heterocycles. The van der Waals surface area contributed by atoms with E-state index >= 15 is 0 Å². The van der Waals surface area contributed by atoms with Crippen LogP contribution in [0.1, 0.15) is 25.5 Å². The number of nitrogens with zero attached hydrogens (tertiary/aromatic N) is 1. The smallest absolute Gasteiger partial charge is 0.327 e. The Bertz CT molecular complexity index is 756. The minimum absolute atomic E-state index is 0.566. The Labute approximate surface area is 155 Å². The molecule has 0 aromatic heterocycles. The van der Waals surface area contributed by atoms with Crippen LogP contribution in [0.25, 0.3) is 0 Å². The van der Waals surface area contributed by atoms with Gasteiger partial charge in [0.1, 0.15) is 17.5 Å². The van der Waals surface area contributed by atoms with Crippen molar-refractivity contribution in [3.8, 4) is 0 Å². The molecule has 2 amide bonds. The number of hydrogen-bond acceptors (Lipinski definition) is 6. The summed E-state index contributed by atoms with van der Waals surface area (Å²) in [6.45, 7) is 3.50. The Morgan fingerprint density at radius 3 is 2.50 bits per heavy atom. The minimum Gasteiger partial charge on any atom is -0.480 e. The number of amides is 2. The van der Waals surface area contributed by atoms with E-state index in [2.05, 4.69) is 5.32 Å². The van der Waals surface area contributed by atoms with Crippen molar-refractivity contribution in [2.24, 2.45) is 5.73 Å². The SMILES string of the molecule is COC1(NC(=O)C(N)c2ccccc2)C(=O)N2[C@@H](C(=O)O)C(C)(C)S[C@@H]21. The van der Waals surface area contributed by atoms with Gasteiger partial charge in [-0.25, -0.2) is 4.79 Å². The number of fused-ring (bicyclic) bond motifs is 1. The third kappa shape index (κ3) is 2.58. The standard InChI is InChI=1S/C17H21N3O5S/c1-16(2)11(13(22)23)20-14(24)17(25-3,15(20)26-16)19-12(21)10(18)9-7-5-4-6-8-9/h4-8,10-11,15H,18H2,1-3H3,(H,19,21)(H,22,23)/t10?,11-,15+,17?/m0/s1. The van der Waals surface area contributed by atoms with Crippen molar-refractivity contribution in [3.63, 3.8) is 0 Å². The molecule has 0 spiro atoms. The van der Waals surface area contributed by atoms with E-state index in [9.17, 15) is 19.5 Å². The summed E-state index contributed by atoms with van der Waals surface area (Å²) in [5.74, 6) is -2.23. The summed E-state index contributed by atoms with van der Waals surface area (Å²) < 4.78 is 4.66. The van der Waals surface area contributed by atoms with Gasteiger partial charge in [0.15, 0.2) is 0 Å². The van der Waals surface area contributed by atoms with Crippen LogP contribution in [0.4, 0.5) is 0 Å². The van der Waals surface area contributed by atoms with Gasteiger partial charge in [-0.1, -0.05) is 30.3 Å². The number of carbonyl (C=O) groups is 3. The molecule has 4 atom stereocenters. The largest absolute Gasteiger partial charge is 0.480 e. The summed E-state index contributed by atoms with van der Waals surface area (Å²) in [7, 11) is 1.31. The van der Waals surface area contributed by atoms with Crippen LogP contribution in [0.2, 0.25) is 0 Å². The van der Waals surface area contributed by atoms with Crippen molar-refractivity contribution >= 4 is 29.5 Å². The Morgan fingerprint density at radius 2 is 1.96 bits per heavy atom. The van der Waals surface area contributed by atoms with Crippen LogP contribution in [0.15, 0.2) is 30.3 Å². The molecule has 4 N–H and O–H groups in total. The molecule has 0 bridgehead atoms. The normalized spacial score (nSPS) is 30.3. The van der Waals surface area contributed by atoms with Crippen LogP contribution in [-0.4, -0.2) is 56.8 Å². The fourth-order valence-corrected chi connectivity index (χ4v) is 5.13. The number of carboxylic acids is 1. The molecule has 0 aliphatic carbocycles. The quantitative estimate of drug-likeness (QED) is 0.496. The van der Waals surface area contributed by atoms with Gasteiger partial charge < -0.3 is 25.8 Å². The molecule has 0 saturated carbocycles. The van der Waals surface area contributed by atoms with E-state index in [4.69, 9.17) is 10.5 Å². The van der Waals surface area contributed by atoms with E-state index in [0.29, 0.717) is 5.56 Å². The predicted molar refractivity (Wildman–Crippen MR) is 95.0 cm³/mol. The number of carbonyl (C=O) groups excluding carboxylic acids is 2. The fraction of sp³-hybridized carbons (Fsp3) is 0.471. The number of nitrogens with one attached hydrogen (secondary N) is 1. The third-order valence-corrected chi connectivity index (χ3v) is 6.42. The van der Waals surface area contributed by atoms with Gasteiger partial charge in [-0.05, 0) is 19.4 Å². The zero-order chi connectivity index (χ0) is 19.3. The summed E-state index contributed by atoms with van der Waals surface area (Å²) >= 11 is 1.28. The highest BCUT2D eigenvalue weighted by atomic mass is 32.2.